The SMILES string of the molecule is O=C(CCCCCS)C1=CC=CC1. The number of carbonyl (C=O) groups is 1. The van der Waals surface area contributed by atoms with E-state index >= 15 is 0 Å². The fourth-order valence-corrected chi connectivity index (χ4v) is 1.61. The standard InChI is InChI=1S/C11H16OS/c12-11(8-2-1-5-9-13)10-6-3-4-7-10/h3-4,6,13H,1-2,5,7-9H2. The van der Waals surface area contributed by atoms with Crippen molar-refractivity contribution in [3.63, 3.8) is 0 Å². The molecule has 0 aromatic carbocycles. The first-order valence-electron chi connectivity index (χ1n) is 4.84. The highest BCUT2D eigenvalue weighted by Crippen LogP contribution is 2.14. The van der Waals surface area contributed by atoms with Crippen molar-refractivity contribution >= 4 is 18.4 Å². The van der Waals surface area contributed by atoms with Crippen molar-refractivity contribution in [2.75, 3.05) is 5.75 Å². The lowest BCUT2D eigenvalue weighted by Crippen LogP contribution is -2.00. The molecule has 72 valence electrons. The number of Topliss-reactive ketones (excluding diaryl/α,β-unsaturated/α-hetero) is 1. The highest BCUT2D eigenvalue weighted by molar-refractivity contribution is 7.80. The Morgan fingerprint density at radius 1 is 1.38 bits per heavy atom. The lowest BCUT2D eigenvalue weighted by Gasteiger charge is -2.00. The molecule has 0 atom stereocenters. The van der Waals surface area contributed by atoms with Crippen LogP contribution in [0.3, 0.4) is 0 Å². The molecule has 0 aromatic heterocycles. The Hall–Kier alpha value is -0.500. The summed E-state index contributed by atoms with van der Waals surface area (Å²) in [6, 6.07) is 0. The predicted octanol–water partition coefficient (Wildman–Crippen LogP) is 2.93. The molecule has 0 heterocycles. The Bertz CT molecular complexity index is 228. The lowest BCUT2D eigenvalue weighted by molar-refractivity contribution is -0.115. The fourth-order valence-electron chi connectivity index (χ4n) is 1.39. The lowest BCUT2D eigenvalue weighted by atomic mass is 10.0. The number of rotatable bonds is 6. The second-order valence-corrected chi connectivity index (χ2v) is 3.73. The van der Waals surface area contributed by atoms with Gasteiger partial charge in [0.15, 0.2) is 5.78 Å². The van der Waals surface area contributed by atoms with Crippen LogP contribution in [0.5, 0.6) is 0 Å². The minimum absolute atomic E-state index is 0.323. The second-order valence-electron chi connectivity index (χ2n) is 3.28. The van der Waals surface area contributed by atoms with E-state index in [1.165, 1.54) is 0 Å². The molecule has 0 radical (unpaired) electrons. The van der Waals surface area contributed by atoms with Gasteiger partial charge in [0.2, 0.25) is 0 Å². The van der Waals surface area contributed by atoms with Gasteiger partial charge in [0.25, 0.3) is 0 Å². The number of carbonyl (C=O) groups excluding carboxylic acids is 1. The van der Waals surface area contributed by atoms with Crippen LogP contribution in [0.1, 0.15) is 32.1 Å². The maximum absolute atomic E-state index is 11.5. The molecule has 0 N–H and O–H groups in total. The first kappa shape index (κ1) is 10.6. The van der Waals surface area contributed by atoms with E-state index in [2.05, 4.69) is 12.6 Å². The van der Waals surface area contributed by atoms with Crippen LogP contribution in [0.2, 0.25) is 0 Å². The van der Waals surface area contributed by atoms with Crippen molar-refractivity contribution in [3.05, 3.63) is 23.8 Å². The average molecular weight is 196 g/mol. The topological polar surface area (TPSA) is 17.1 Å². The van der Waals surface area contributed by atoms with E-state index in [0.717, 1.165) is 37.0 Å². The van der Waals surface area contributed by atoms with Gasteiger partial charge < -0.3 is 0 Å². The Labute approximate surface area is 85.3 Å². The van der Waals surface area contributed by atoms with Gasteiger partial charge in [-0.3, -0.25) is 4.79 Å². The zero-order valence-electron chi connectivity index (χ0n) is 7.83. The molecule has 0 fully saturated rings. The zero-order valence-corrected chi connectivity index (χ0v) is 8.72. The van der Waals surface area contributed by atoms with Gasteiger partial charge in [0.1, 0.15) is 0 Å². The van der Waals surface area contributed by atoms with E-state index in [0.29, 0.717) is 12.2 Å². The Kier molecular flexibility index (Phi) is 4.91. The van der Waals surface area contributed by atoms with Gasteiger partial charge >= 0.3 is 0 Å². The van der Waals surface area contributed by atoms with Gasteiger partial charge in [-0.2, -0.15) is 12.6 Å². The van der Waals surface area contributed by atoms with Crippen molar-refractivity contribution in [1.29, 1.82) is 0 Å². The molecular weight excluding hydrogens is 180 g/mol. The third kappa shape index (κ3) is 3.81. The van der Waals surface area contributed by atoms with Gasteiger partial charge in [-0.25, -0.2) is 0 Å². The van der Waals surface area contributed by atoms with Crippen LogP contribution in [0.4, 0.5) is 0 Å². The van der Waals surface area contributed by atoms with Crippen molar-refractivity contribution < 1.29 is 4.79 Å². The molecule has 13 heavy (non-hydrogen) atoms. The van der Waals surface area contributed by atoms with E-state index in [1.54, 1.807) is 0 Å². The van der Waals surface area contributed by atoms with Crippen molar-refractivity contribution in [2.45, 2.75) is 32.1 Å². The molecular formula is C11H16OS. The maximum atomic E-state index is 11.5. The van der Waals surface area contributed by atoms with Crippen LogP contribution in [0.25, 0.3) is 0 Å². The minimum atomic E-state index is 0.323. The molecule has 0 saturated heterocycles. The molecule has 0 saturated carbocycles. The van der Waals surface area contributed by atoms with Crippen molar-refractivity contribution in [1.82, 2.24) is 0 Å². The summed E-state index contributed by atoms with van der Waals surface area (Å²) in [6.45, 7) is 0. The van der Waals surface area contributed by atoms with E-state index in [1.807, 2.05) is 18.2 Å². The predicted molar refractivity (Wildman–Crippen MR) is 59.2 cm³/mol. The third-order valence-electron chi connectivity index (χ3n) is 2.19. The Morgan fingerprint density at radius 2 is 2.23 bits per heavy atom. The van der Waals surface area contributed by atoms with E-state index < -0.39 is 0 Å². The molecule has 0 spiro atoms. The summed E-state index contributed by atoms with van der Waals surface area (Å²) in [5.74, 6) is 1.25. The van der Waals surface area contributed by atoms with Crippen LogP contribution in [0.15, 0.2) is 23.8 Å². The molecule has 1 nitrogen and oxygen atoms in total. The summed E-state index contributed by atoms with van der Waals surface area (Å²) in [4.78, 5) is 11.5. The van der Waals surface area contributed by atoms with Gasteiger partial charge in [0.05, 0.1) is 0 Å². The largest absolute Gasteiger partial charge is 0.295 e. The van der Waals surface area contributed by atoms with Crippen LogP contribution in [-0.2, 0) is 4.79 Å². The summed E-state index contributed by atoms with van der Waals surface area (Å²) in [5.41, 5.74) is 0.978. The van der Waals surface area contributed by atoms with E-state index in [4.69, 9.17) is 0 Å². The molecule has 0 unspecified atom stereocenters. The van der Waals surface area contributed by atoms with E-state index in [9.17, 15) is 4.79 Å². The molecule has 0 aromatic rings. The Balaban J connectivity index is 2.11. The fraction of sp³-hybridized carbons (Fsp3) is 0.545. The normalized spacial score (nSPS) is 14.7. The smallest absolute Gasteiger partial charge is 0.159 e. The highest BCUT2D eigenvalue weighted by Gasteiger charge is 2.08. The molecule has 0 amide bonds. The molecule has 0 bridgehead atoms. The molecule has 1 aliphatic carbocycles. The summed E-state index contributed by atoms with van der Waals surface area (Å²) in [6.07, 6.45) is 10.7. The Morgan fingerprint density at radius 3 is 2.85 bits per heavy atom. The number of hydrogen-bond acceptors (Lipinski definition) is 2. The molecule has 1 aliphatic rings. The van der Waals surface area contributed by atoms with Gasteiger partial charge in [0, 0.05) is 6.42 Å². The number of allylic oxidation sites excluding steroid dienone is 4. The van der Waals surface area contributed by atoms with Gasteiger partial charge in [-0.1, -0.05) is 24.6 Å². The first-order valence-corrected chi connectivity index (χ1v) is 5.47. The third-order valence-corrected chi connectivity index (χ3v) is 2.51. The zero-order chi connectivity index (χ0) is 9.52. The summed E-state index contributed by atoms with van der Waals surface area (Å²) in [5, 5.41) is 0. The highest BCUT2D eigenvalue weighted by atomic mass is 32.1. The number of hydrogen-bond donors (Lipinski definition) is 1. The van der Waals surface area contributed by atoms with Gasteiger partial charge in [-0.05, 0) is 30.6 Å². The van der Waals surface area contributed by atoms with Crippen molar-refractivity contribution in [3.8, 4) is 0 Å². The summed E-state index contributed by atoms with van der Waals surface area (Å²) < 4.78 is 0. The number of thiol groups is 1. The maximum Gasteiger partial charge on any atom is 0.159 e. The monoisotopic (exact) mass is 196 g/mol. The second kappa shape index (κ2) is 6.03. The van der Waals surface area contributed by atoms with Crippen LogP contribution in [0, 0.1) is 0 Å². The van der Waals surface area contributed by atoms with Crippen LogP contribution >= 0.6 is 12.6 Å². The quantitative estimate of drug-likeness (QED) is 0.510. The number of unbranched alkanes of at least 4 members (excludes halogenated alkanes) is 2. The summed E-state index contributed by atoms with van der Waals surface area (Å²) >= 11 is 4.13. The minimum Gasteiger partial charge on any atom is -0.295 e. The molecule has 0 aliphatic heterocycles. The molecule has 1 rings (SSSR count). The van der Waals surface area contributed by atoms with E-state index in [-0.39, 0.29) is 0 Å². The number of ketones is 1. The first-order chi connectivity index (χ1) is 6.34. The average Bonchev–Trinajstić information content (AvgIpc) is 2.65. The van der Waals surface area contributed by atoms with Crippen LogP contribution < -0.4 is 0 Å². The van der Waals surface area contributed by atoms with Crippen molar-refractivity contribution in [2.24, 2.45) is 0 Å². The van der Waals surface area contributed by atoms with Gasteiger partial charge in [-0.15, -0.1) is 0 Å². The molecule has 2 heteroatoms. The van der Waals surface area contributed by atoms with Crippen LogP contribution in [-0.4, -0.2) is 11.5 Å². The summed E-state index contributed by atoms with van der Waals surface area (Å²) in [7, 11) is 0.